The zero-order valence-corrected chi connectivity index (χ0v) is 10.4. The molecule has 0 saturated carbocycles. The van der Waals surface area contributed by atoms with Crippen LogP contribution in [0.4, 0.5) is 0 Å². The Morgan fingerprint density at radius 1 is 1.40 bits per heavy atom. The molecule has 0 aliphatic carbocycles. The van der Waals surface area contributed by atoms with E-state index < -0.39 is 0 Å². The standard InChI is InChI=1S/C11H24N2O2/c1-10(2)13(3)8-6-5-7-12-11(14)9-15-4/h10H,5-9H2,1-4H3,(H,12,14). The van der Waals surface area contributed by atoms with Crippen molar-refractivity contribution in [2.24, 2.45) is 0 Å². The number of carbonyl (C=O) groups is 1. The molecule has 0 fully saturated rings. The number of carbonyl (C=O) groups excluding carboxylic acids is 1. The van der Waals surface area contributed by atoms with Crippen LogP contribution in [-0.4, -0.2) is 50.7 Å². The van der Waals surface area contributed by atoms with Crippen LogP contribution in [-0.2, 0) is 9.53 Å². The van der Waals surface area contributed by atoms with E-state index >= 15 is 0 Å². The molecule has 4 nitrogen and oxygen atoms in total. The Morgan fingerprint density at radius 3 is 2.60 bits per heavy atom. The molecule has 90 valence electrons. The smallest absolute Gasteiger partial charge is 0.245 e. The maximum absolute atomic E-state index is 11.0. The van der Waals surface area contributed by atoms with Gasteiger partial charge in [0, 0.05) is 19.7 Å². The number of hydrogen-bond donors (Lipinski definition) is 1. The van der Waals surface area contributed by atoms with Crippen LogP contribution >= 0.6 is 0 Å². The minimum atomic E-state index is -0.0327. The van der Waals surface area contributed by atoms with Gasteiger partial charge < -0.3 is 15.0 Å². The molecule has 0 atom stereocenters. The van der Waals surface area contributed by atoms with Crippen molar-refractivity contribution >= 4 is 5.91 Å². The summed E-state index contributed by atoms with van der Waals surface area (Å²) in [7, 11) is 3.64. The molecule has 0 spiro atoms. The molecule has 15 heavy (non-hydrogen) atoms. The van der Waals surface area contributed by atoms with Crippen molar-refractivity contribution in [2.75, 3.05) is 33.9 Å². The van der Waals surface area contributed by atoms with Gasteiger partial charge in [0.2, 0.25) is 5.91 Å². The average molecular weight is 216 g/mol. The van der Waals surface area contributed by atoms with E-state index in [2.05, 4.69) is 31.1 Å². The molecule has 0 unspecified atom stereocenters. The van der Waals surface area contributed by atoms with E-state index in [4.69, 9.17) is 4.74 Å². The molecule has 0 heterocycles. The van der Waals surface area contributed by atoms with Crippen molar-refractivity contribution in [3.63, 3.8) is 0 Å². The number of methoxy groups -OCH3 is 1. The highest BCUT2D eigenvalue weighted by molar-refractivity contribution is 5.77. The summed E-state index contributed by atoms with van der Waals surface area (Å²) in [5.74, 6) is -0.0327. The normalized spacial score (nSPS) is 11.1. The van der Waals surface area contributed by atoms with Crippen molar-refractivity contribution in [1.29, 1.82) is 0 Å². The maximum Gasteiger partial charge on any atom is 0.245 e. The van der Waals surface area contributed by atoms with E-state index in [1.165, 1.54) is 7.11 Å². The third-order valence-corrected chi connectivity index (χ3v) is 2.42. The van der Waals surface area contributed by atoms with E-state index in [0.29, 0.717) is 6.04 Å². The first-order valence-electron chi connectivity index (χ1n) is 5.53. The lowest BCUT2D eigenvalue weighted by atomic mass is 10.2. The topological polar surface area (TPSA) is 41.6 Å². The Labute approximate surface area is 93.0 Å². The van der Waals surface area contributed by atoms with Gasteiger partial charge in [-0.1, -0.05) is 0 Å². The molecule has 0 aromatic rings. The van der Waals surface area contributed by atoms with E-state index in [-0.39, 0.29) is 12.5 Å². The largest absolute Gasteiger partial charge is 0.375 e. The number of nitrogens with one attached hydrogen (secondary N) is 1. The van der Waals surface area contributed by atoms with Crippen molar-refractivity contribution in [1.82, 2.24) is 10.2 Å². The lowest BCUT2D eigenvalue weighted by molar-refractivity contribution is -0.124. The molecule has 0 bridgehead atoms. The first-order valence-corrected chi connectivity index (χ1v) is 5.53. The highest BCUT2D eigenvalue weighted by Crippen LogP contribution is 1.97. The molecule has 4 heteroatoms. The van der Waals surface area contributed by atoms with Gasteiger partial charge in [-0.3, -0.25) is 4.79 Å². The van der Waals surface area contributed by atoms with Gasteiger partial charge >= 0.3 is 0 Å². The highest BCUT2D eigenvalue weighted by atomic mass is 16.5. The fraction of sp³-hybridized carbons (Fsp3) is 0.909. The van der Waals surface area contributed by atoms with Crippen molar-refractivity contribution in [3.05, 3.63) is 0 Å². The summed E-state index contributed by atoms with van der Waals surface area (Å²) >= 11 is 0. The van der Waals surface area contributed by atoms with Crippen LogP contribution in [0.5, 0.6) is 0 Å². The van der Waals surface area contributed by atoms with Gasteiger partial charge in [0.25, 0.3) is 0 Å². The Hall–Kier alpha value is -0.610. The van der Waals surface area contributed by atoms with Gasteiger partial charge in [-0.05, 0) is 40.3 Å². The van der Waals surface area contributed by atoms with Crippen molar-refractivity contribution in [3.8, 4) is 0 Å². The highest BCUT2D eigenvalue weighted by Gasteiger charge is 2.02. The van der Waals surface area contributed by atoms with Crippen LogP contribution < -0.4 is 5.32 Å². The Kier molecular flexibility index (Phi) is 8.33. The first-order chi connectivity index (χ1) is 7.07. The van der Waals surface area contributed by atoms with Crippen LogP contribution in [0.1, 0.15) is 26.7 Å². The number of hydrogen-bond acceptors (Lipinski definition) is 3. The lowest BCUT2D eigenvalue weighted by Gasteiger charge is -2.20. The van der Waals surface area contributed by atoms with E-state index in [0.717, 1.165) is 25.9 Å². The predicted molar refractivity (Wildman–Crippen MR) is 61.9 cm³/mol. The van der Waals surface area contributed by atoms with Crippen LogP contribution in [0.3, 0.4) is 0 Å². The molecule has 0 aliphatic rings. The Balaban J connectivity index is 3.28. The minimum Gasteiger partial charge on any atom is -0.375 e. The lowest BCUT2D eigenvalue weighted by Crippen LogP contribution is -2.30. The maximum atomic E-state index is 11.0. The van der Waals surface area contributed by atoms with Gasteiger partial charge in [-0.2, -0.15) is 0 Å². The summed E-state index contributed by atoms with van der Waals surface area (Å²) < 4.78 is 4.71. The minimum absolute atomic E-state index is 0.0327. The third-order valence-electron chi connectivity index (χ3n) is 2.42. The van der Waals surface area contributed by atoms with Gasteiger partial charge in [0.05, 0.1) is 0 Å². The number of nitrogens with zero attached hydrogens (tertiary/aromatic N) is 1. The number of unbranched alkanes of at least 4 members (excludes halogenated alkanes) is 1. The first kappa shape index (κ1) is 14.4. The molecule has 0 aromatic carbocycles. The molecular weight excluding hydrogens is 192 g/mol. The third kappa shape index (κ3) is 8.39. The van der Waals surface area contributed by atoms with Crippen LogP contribution in [0.2, 0.25) is 0 Å². The second kappa shape index (κ2) is 8.68. The number of rotatable bonds is 8. The van der Waals surface area contributed by atoms with Crippen LogP contribution in [0, 0.1) is 0 Å². The second-order valence-electron chi connectivity index (χ2n) is 4.06. The number of ether oxygens (including phenoxy) is 1. The van der Waals surface area contributed by atoms with Gasteiger partial charge in [-0.25, -0.2) is 0 Å². The number of amides is 1. The summed E-state index contributed by atoms with van der Waals surface area (Å²) in [5.41, 5.74) is 0. The fourth-order valence-electron chi connectivity index (χ4n) is 1.15. The molecule has 1 amide bonds. The summed E-state index contributed by atoms with van der Waals surface area (Å²) in [6.45, 7) is 6.35. The van der Waals surface area contributed by atoms with Crippen LogP contribution in [0.25, 0.3) is 0 Å². The summed E-state index contributed by atoms with van der Waals surface area (Å²) in [6.07, 6.45) is 2.13. The summed E-state index contributed by atoms with van der Waals surface area (Å²) in [4.78, 5) is 13.3. The quantitative estimate of drug-likeness (QED) is 0.612. The molecule has 0 rings (SSSR count). The zero-order chi connectivity index (χ0) is 11.7. The molecule has 0 radical (unpaired) electrons. The molecule has 0 aromatic heterocycles. The van der Waals surface area contributed by atoms with Gasteiger partial charge in [-0.15, -0.1) is 0 Å². The summed E-state index contributed by atoms with van der Waals surface area (Å²) in [5, 5.41) is 2.80. The van der Waals surface area contributed by atoms with Crippen molar-refractivity contribution in [2.45, 2.75) is 32.7 Å². The van der Waals surface area contributed by atoms with Crippen molar-refractivity contribution < 1.29 is 9.53 Å². The second-order valence-corrected chi connectivity index (χ2v) is 4.06. The van der Waals surface area contributed by atoms with Gasteiger partial charge in [0.1, 0.15) is 6.61 Å². The van der Waals surface area contributed by atoms with E-state index in [9.17, 15) is 4.79 Å². The average Bonchev–Trinajstić information content (AvgIpc) is 2.17. The summed E-state index contributed by atoms with van der Waals surface area (Å²) in [6, 6.07) is 0.591. The van der Waals surface area contributed by atoms with Gasteiger partial charge in [0.15, 0.2) is 0 Å². The SMILES string of the molecule is COCC(=O)NCCCCN(C)C(C)C. The zero-order valence-electron chi connectivity index (χ0n) is 10.4. The fourth-order valence-corrected chi connectivity index (χ4v) is 1.15. The monoisotopic (exact) mass is 216 g/mol. The Morgan fingerprint density at radius 2 is 2.07 bits per heavy atom. The predicted octanol–water partition coefficient (Wildman–Crippen LogP) is 0.869. The van der Waals surface area contributed by atoms with E-state index in [1.807, 2.05) is 0 Å². The molecule has 0 aliphatic heterocycles. The molecule has 0 saturated heterocycles. The van der Waals surface area contributed by atoms with Crippen LogP contribution in [0.15, 0.2) is 0 Å². The molecular formula is C11H24N2O2. The van der Waals surface area contributed by atoms with E-state index in [1.54, 1.807) is 0 Å². The Bertz CT molecular complexity index is 172. The molecule has 1 N–H and O–H groups in total.